The molecule has 0 spiro atoms. The quantitative estimate of drug-likeness (QED) is 0.899. The number of nitrogens with zero attached hydrogens (tertiary/aromatic N) is 1. The second kappa shape index (κ2) is 5.80. The molecule has 1 N–H and O–H groups in total. The van der Waals surface area contributed by atoms with Crippen molar-refractivity contribution in [3.05, 3.63) is 35.4 Å². The Morgan fingerprint density at radius 1 is 1.33 bits per heavy atom. The van der Waals surface area contributed by atoms with Crippen LogP contribution in [0, 0.1) is 5.41 Å². The zero-order chi connectivity index (χ0) is 14.9. The highest BCUT2D eigenvalue weighted by Gasteiger charge is 2.40. The Hall–Kier alpha value is -1.35. The van der Waals surface area contributed by atoms with E-state index >= 15 is 0 Å². The summed E-state index contributed by atoms with van der Waals surface area (Å²) in [7, 11) is 0. The summed E-state index contributed by atoms with van der Waals surface area (Å²) in [6.45, 7) is 4.57. The number of rotatable bonds is 5. The minimum Gasteiger partial charge on any atom is -0.481 e. The van der Waals surface area contributed by atoms with E-state index in [1.54, 1.807) is 0 Å². The molecule has 21 heavy (non-hydrogen) atoms. The van der Waals surface area contributed by atoms with Crippen LogP contribution in [-0.4, -0.2) is 29.1 Å². The van der Waals surface area contributed by atoms with E-state index in [0.717, 1.165) is 38.3 Å². The number of carboxylic acid groups (broad SMARTS) is 1. The number of hydrogen-bond acceptors (Lipinski definition) is 2. The van der Waals surface area contributed by atoms with Crippen molar-refractivity contribution in [1.29, 1.82) is 0 Å². The number of aliphatic carboxylic acids is 1. The lowest BCUT2D eigenvalue weighted by Crippen LogP contribution is -2.47. The lowest BCUT2D eigenvalue weighted by atomic mass is 9.77. The molecule has 2 fully saturated rings. The normalized spacial score (nSPS) is 26.7. The Morgan fingerprint density at radius 2 is 2.05 bits per heavy atom. The smallest absolute Gasteiger partial charge is 0.310 e. The lowest BCUT2D eigenvalue weighted by molar-refractivity contribution is -0.153. The molecule has 1 saturated carbocycles. The first-order chi connectivity index (χ1) is 10.1. The molecule has 0 bridgehead atoms. The van der Waals surface area contributed by atoms with Crippen LogP contribution in [-0.2, 0) is 11.3 Å². The molecule has 1 aliphatic carbocycles. The Labute approximate surface area is 127 Å². The minimum absolute atomic E-state index is 0.536. The van der Waals surface area contributed by atoms with Gasteiger partial charge in [0.05, 0.1) is 5.41 Å². The van der Waals surface area contributed by atoms with Crippen molar-refractivity contribution in [1.82, 2.24) is 4.90 Å². The van der Waals surface area contributed by atoms with Crippen LogP contribution in [0.5, 0.6) is 0 Å². The van der Waals surface area contributed by atoms with Crippen LogP contribution < -0.4 is 0 Å². The van der Waals surface area contributed by atoms with Gasteiger partial charge in [0.2, 0.25) is 0 Å². The van der Waals surface area contributed by atoms with Crippen molar-refractivity contribution in [3.63, 3.8) is 0 Å². The Morgan fingerprint density at radius 3 is 2.62 bits per heavy atom. The monoisotopic (exact) mass is 287 g/mol. The van der Waals surface area contributed by atoms with E-state index in [2.05, 4.69) is 29.2 Å². The third kappa shape index (κ3) is 3.13. The number of benzene rings is 1. The van der Waals surface area contributed by atoms with Crippen LogP contribution in [0.25, 0.3) is 0 Å². The average molecular weight is 287 g/mol. The maximum absolute atomic E-state index is 11.6. The maximum Gasteiger partial charge on any atom is 0.310 e. The highest BCUT2D eigenvalue weighted by molar-refractivity contribution is 5.75. The molecule has 3 nitrogen and oxygen atoms in total. The van der Waals surface area contributed by atoms with Crippen molar-refractivity contribution >= 4 is 5.97 Å². The van der Waals surface area contributed by atoms with Gasteiger partial charge in [0.25, 0.3) is 0 Å². The lowest BCUT2D eigenvalue weighted by Gasteiger charge is -2.39. The van der Waals surface area contributed by atoms with Gasteiger partial charge < -0.3 is 5.11 Å². The zero-order valence-corrected chi connectivity index (χ0v) is 12.8. The van der Waals surface area contributed by atoms with Gasteiger partial charge >= 0.3 is 5.97 Å². The van der Waals surface area contributed by atoms with Crippen molar-refractivity contribution in [2.24, 2.45) is 5.41 Å². The molecule has 1 aliphatic heterocycles. The minimum atomic E-state index is -0.626. The predicted octanol–water partition coefficient (Wildman–Crippen LogP) is 3.64. The zero-order valence-electron chi connectivity index (χ0n) is 12.8. The fraction of sp³-hybridized carbons (Fsp3) is 0.611. The Balaban J connectivity index is 1.65. The predicted molar refractivity (Wildman–Crippen MR) is 83.3 cm³/mol. The molecular formula is C18H25NO2. The number of likely N-dealkylation sites (tertiary alicyclic amines) is 1. The molecule has 1 heterocycles. The Bertz CT molecular complexity index is 506. The average Bonchev–Trinajstić information content (AvgIpc) is 3.33. The van der Waals surface area contributed by atoms with E-state index in [-0.39, 0.29) is 0 Å². The van der Waals surface area contributed by atoms with Crippen LogP contribution in [0.1, 0.15) is 56.1 Å². The third-order valence-electron chi connectivity index (χ3n) is 5.22. The van der Waals surface area contributed by atoms with Gasteiger partial charge in [-0.3, -0.25) is 9.69 Å². The van der Waals surface area contributed by atoms with Crippen LogP contribution in [0.15, 0.2) is 24.3 Å². The standard InChI is InChI=1S/C18H25NO2/c1-2-18(17(20)21)10-3-11-19(13-18)12-14-4-6-15(7-5-14)16-8-9-16/h4-7,16H,2-3,8-13H2,1H3,(H,20,21). The highest BCUT2D eigenvalue weighted by Crippen LogP contribution is 2.40. The molecule has 3 rings (SSSR count). The SMILES string of the molecule is CCC1(C(=O)O)CCCN(Cc2ccc(C3CC3)cc2)C1. The molecule has 2 aliphatic rings. The van der Waals surface area contributed by atoms with Gasteiger partial charge in [0.15, 0.2) is 0 Å². The van der Waals surface area contributed by atoms with E-state index in [4.69, 9.17) is 0 Å². The van der Waals surface area contributed by atoms with E-state index in [1.165, 1.54) is 24.0 Å². The van der Waals surface area contributed by atoms with Gasteiger partial charge in [-0.25, -0.2) is 0 Å². The molecule has 0 radical (unpaired) electrons. The second-order valence-electron chi connectivity index (χ2n) is 6.77. The van der Waals surface area contributed by atoms with Gasteiger partial charge in [-0.2, -0.15) is 0 Å². The number of hydrogen-bond donors (Lipinski definition) is 1. The van der Waals surface area contributed by atoms with Crippen LogP contribution in [0.3, 0.4) is 0 Å². The molecule has 3 heteroatoms. The largest absolute Gasteiger partial charge is 0.481 e. The maximum atomic E-state index is 11.6. The van der Waals surface area contributed by atoms with E-state index in [1.807, 2.05) is 6.92 Å². The summed E-state index contributed by atoms with van der Waals surface area (Å²) in [4.78, 5) is 13.9. The van der Waals surface area contributed by atoms with Gasteiger partial charge in [-0.15, -0.1) is 0 Å². The summed E-state index contributed by atoms with van der Waals surface area (Å²) < 4.78 is 0. The summed E-state index contributed by atoms with van der Waals surface area (Å²) in [6, 6.07) is 8.94. The first-order valence-corrected chi connectivity index (χ1v) is 8.17. The topological polar surface area (TPSA) is 40.5 Å². The molecule has 1 aromatic carbocycles. The summed E-state index contributed by atoms with van der Waals surface area (Å²) in [5.41, 5.74) is 2.23. The molecule has 1 aromatic rings. The number of piperidine rings is 1. The number of carbonyl (C=O) groups is 1. The van der Waals surface area contributed by atoms with Crippen molar-refractivity contribution < 1.29 is 9.90 Å². The number of carboxylic acids is 1. The van der Waals surface area contributed by atoms with Crippen molar-refractivity contribution in [3.8, 4) is 0 Å². The van der Waals surface area contributed by atoms with Crippen LogP contribution >= 0.6 is 0 Å². The van der Waals surface area contributed by atoms with Crippen molar-refractivity contribution in [2.45, 2.75) is 51.5 Å². The van der Waals surface area contributed by atoms with Crippen LogP contribution in [0.2, 0.25) is 0 Å². The second-order valence-corrected chi connectivity index (χ2v) is 6.77. The fourth-order valence-electron chi connectivity index (χ4n) is 3.55. The van der Waals surface area contributed by atoms with Gasteiger partial charge in [0.1, 0.15) is 0 Å². The Kier molecular flexibility index (Phi) is 4.03. The van der Waals surface area contributed by atoms with E-state index in [9.17, 15) is 9.90 Å². The summed E-state index contributed by atoms with van der Waals surface area (Å²) in [5.74, 6) is 0.174. The summed E-state index contributed by atoms with van der Waals surface area (Å²) >= 11 is 0. The fourth-order valence-corrected chi connectivity index (χ4v) is 3.55. The third-order valence-corrected chi connectivity index (χ3v) is 5.22. The van der Waals surface area contributed by atoms with Gasteiger partial charge in [-0.1, -0.05) is 31.2 Å². The molecular weight excluding hydrogens is 262 g/mol. The van der Waals surface area contributed by atoms with E-state index < -0.39 is 11.4 Å². The van der Waals surface area contributed by atoms with Crippen molar-refractivity contribution in [2.75, 3.05) is 13.1 Å². The molecule has 1 saturated heterocycles. The molecule has 0 aromatic heterocycles. The molecule has 1 atom stereocenters. The summed E-state index contributed by atoms with van der Waals surface area (Å²) in [6.07, 6.45) is 5.20. The molecule has 1 unspecified atom stereocenters. The highest BCUT2D eigenvalue weighted by atomic mass is 16.4. The first-order valence-electron chi connectivity index (χ1n) is 8.17. The van der Waals surface area contributed by atoms with Crippen LogP contribution in [0.4, 0.5) is 0 Å². The molecule has 0 amide bonds. The van der Waals surface area contributed by atoms with E-state index in [0.29, 0.717) is 6.54 Å². The van der Waals surface area contributed by atoms with Gasteiger partial charge in [0, 0.05) is 13.1 Å². The summed E-state index contributed by atoms with van der Waals surface area (Å²) in [5, 5.41) is 9.55. The molecule has 114 valence electrons. The van der Waals surface area contributed by atoms with Gasteiger partial charge in [-0.05, 0) is 55.7 Å². The first kappa shape index (κ1) is 14.6.